The smallest absolute Gasteiger partial charge is 0.255 e. The molecule has 1 aliphatic heterocycles. The van der Waals surface area contributed by atoms with Gasteiger partial charge in [-0.2, -0.15) is 0 Å². The highest BCUT2D eigenvalue weighted by molar-refractivity contribution is 6.04. The number of hydrogen-bond donors (Lipinski definition) is 1. The van der Waals surface area contributed by atoms with E-state index in [1.165, 1.54) is 4.90 Å². The Balaban J connectivity index is 1.66. The predicted octanol–water partition coefficient (Wildman–Crippen LogP) is 2.76. The van der Waals surface area contributed by atoms with Crippen molar-refractivity contribution in [2.45, 2.75) is 19.4 Å². The quantitative estimate of drug-likeness (QED) is 0.886. The molecule has 6 nitrogen and oxygen atoms in total. The number of amides is 3. The maximum Gasteiger partial charge on any atom is 0.255 e. The molecule has 140 valence electrons. The molecule has 2 aromatic rings. The van der Waals surface area contributed by atoms with Crippen molar-refractivity contribution < 1.29 is 14.4 Å². The lowest BCUT2D eigenvalue weighted by molar-refractivity contribution is -0.128. The lowest BCUT2D eigenvalue weighted by atomic mass is 10.1. The van der Waals surface area contributed by atoms with Gasteiger partial charge in [-0.05, 0) is 48.4 Å². The first-order chi connectivity index (χ1) is 12.9. The standard InChI is InChI=1S/C21H23N3O3/c1-23(2)21(27)16-8-10-18(11-9-16)22-20(26)17-6-3-5-15(13-17)14-24-12-4-7-19(24)25/h3,5-6,8-11,13H,4,7,12,14H2,1-2H3,(H,22,26). The van der Waals surface area contributed by atoms with Crippen LogP contribution in [-0.4, -0.2) is 48.2 Å². The van der Waals surface area contributed by atoms with Gasteiger partial charge in [0.05, 0.1) is 0 Å². The van der Waals surface area contributed by atoms with Crippen LogP contribution in [0.3, 0.4) is 0 Å². The van der Waals surface area contributed by atoms with Crippen LogP contribution in [0.15, 0.2) is 48.5 Å². The minimum Gasteiger partial charge on any atom is -0.345 e. The SMILES string of the molecule is CN(C)C(=O)c1ccc(NC(=O)c2cccc(CN3CCCC3=O)c2)cc1. The topological polar surface area (TPSA) is 69.7 Å². The van der Waals surface area contributed by atoms with Gasteiger partial charge in [-0.3, -0.25) is 14.4 Å². The van der Waals surface area contributed by atoms with Crippen molar-refractivity contribution in [3.63, 3.8) is 0 Å². The van der Waals surface area contributed by atoms with Crippen LogP contribution in [0.5, 0.6) is 0 Å². The van der Waals surface area contributed by atoms with Crippen LogP contribution in [-0.2, 0) is 11.3 Å². The summed E-state index contributed by atoms with van der Waals surface area (Å²) in [4.78, 5) is 39.5. The van der Waals surface area contributed by atoms with Gasteiger partial charge in [0.1, 0.15) is 0 Å². The van der Waals surface area contributed by atoms with Gasteiger partial charge in [-0.1, -0.05) is 12.1 Å². The van der Waals surface area contributed by atoms with E-state index in [1.54, 1.807) is 44.4 Å². The zero-order valence-corrected chi connectivity index (χ0v) is 15.6. The van der Waals surface area contributed by atoms with E-state index >= 15 is 0 Å². The van der Waals surface area contributed by atoms with E-state index in [0.29, 0.717) is 29.8 Å². The minimum absolute atomic E-state index is 0.0861. The molecule has 0 aromatic heterocycles. The summed E-state index contributed by atoms with van der Waals surface area (Å²) in [6.45, 7) is 1.30. The predicted molar refractivity (Wildman–Crippen MR) is 104 cm³/mol. The van der Waals surface area contributed by atoms with Gasteiger partial charge in [0.2, 0.25) is 5.91 Å². The molecule has 2 aromatic carbocycles. The van der Waals surface area contributed by atoms with E-state index in [4.69, 9.17) is 0 Å². The lowest BCUT2D eigenvalue weighted by Gasteiger charge is -2.16. The molecule has 1 N–H and O–H groups in total. The minimum atomic E-state index is -0.226. The summed E-state index contributed by atoms with van der Waals surface area (Å²) in [6.07, 6.45) is 1.50. The third-order valence-corrected chi connectivity index (χ3v) is 4.53. The van der Waals surface area contributed by atoms with E-state index in [9.17, 15) is 14.4 Å². The van der Waals surface area contributed by atoms with Gasteiger partial charge in [-0.25, -0.2) is 0 Å². The number of carbonyl (C=O) groups excluding carboxylic acids is 3. The first-order valence-corrected chi connectivity index (χ1v) is 8.94. The van der Waals surface area contributed by atoms with Crippen LogP contribution >= 0.6 is 0 Å². The molecule has 0 unspecified atom stereocenters. The van der Waals surface area contributed by atoms with Crippen molar-refractivity contribution in [3.8, 4) is 0 Å². The Kier molecular flexibility index (Phi) is 5.54. The molecular formula is C21H23N3O3. The third-order valence-electron chi connectivity index (χ3n) is 4.53. The number of benzene rings is 2. The van der Waals surface area contributed by atoms with E-state index < -0.39 is 0 Å². The fourth-order valence-electron chi connectivity index (χ4n) is 3.06. The molecule has 27 heavy (non-hydrogen) atoms. The highest BCUT2D eigenvalue weighted by Gasteiger charge is 2.20. The summed E-state index contributed by atoms with van der Waals surface area (Å²) in [6, 6.07) is 14.1. The summed E-state index contributed by atoms with van der Waals surface area (Å²) in [5.41, 5.74) is 2.66. The van der Waals surface area contributed by atoms with Crippen LogP contribution in [0, 0.1) is 0 Å². The average molecular weight is 365 g/mol. The molecule has 0 radical (unpaired) electrons. The Morgan fingerprint density at radius 1 is 1.07 bits per heavy atom. The lowest BCUT2D eigenvalue weighted by Crippen LogP contribution is -2.24. The van der Waals surface area contributed by atoms with Gasteiger partial charge >= 0.3 is 0 Å². The maximum absolute atomic E-state index is 12.5. The summed E-state index contributed by atoms with van der Waals surface area (Å²) in [5, 5.41) is 2.84. The summed E-state index contributed by atoms with van der Waals surface area (Å²) < 4.78 is 0. The molecule has 0 aliphatic carbocycles. The maximum atomic E-state index is 12.5. The van der Waals surface area contributed by atoms with Crippen LogP contribution in [0.4, 0.5) is 5.69 Å². The molecule has 1 heterocycles. The Labute approximate surface area is 158 Å². The third kappa shape index (κ3) is 4.53. The number of nitrogens with one attached hydrogen (secondary N) is 1. The number of rotatable bonds is 5. The first-order valence-electron chi connectivity index (χ1n) is 8.94. The van der Waals surface area contributed by atoms with Crippen molar-refractivity contribution >= 4 is 23.4 Å². The number of likely N-dealkylation sites (tertiary alicyclic amines) is 1. The van der Waals surface area contributed by atoms with Gasteiger partial charge in [0, 0.05) is 50.4 Å². The second-order valence-corrected chi connectivity index (χ2v) is 6.85. The Hall–Kier alpha value is -3.15. The number of nitrogens with zero attached hydrogens (tertiary/aromatic N) is 2. The number of carbonyl (C=O) groups is 3. The van der Waals surface area contributed by atoms with Crippen molar-refractivity contribution in [3.05, 3.63) is 65.2 Å². The normalized spacial score (nSPS) is 13.6. The zero-order valence-electron chi connectivity index (χ0n) is 15.6. The van der Waals surface area contributed by atoms with Crippen molar-refractivity contribution in [2.75, 3.05) is 26.0 Å². The van der Waals surface area contributed by atoms with Gasteiger partial charge in [0.15, 0.2) is 0 Å². The Bertz CT molecular complexity index is 859. The van der Waals surface area contributed by atoms with Crippen LogP contribution in [0.1, 0.15) is 39.1 Å². The molecule has 0 bridgehead atoms. The monoisotopic (exact) mass is 365 g/mol. The largest absolute Gasteiger partial charge is 0.345 e. The molecule has 0 atom stereocenters. The zero-order chi connectivity index (χ0) is 19.4. The van der Waals surface area contributed by atoms with Crippen molar-refractivity contribution in [2.24, 2.45) is 0 Å². The van der Waals surface area contributed by atoms with Gasteiger partial charge < -0.3 is 15.1 Å². The van der Waals surface area contributed by atoms with Crippen LogP contribution < -0.4 is 5.32 Å². The number of hydrogen-bond acceptors (Lipinski definition) is 3. The van der Waals surface area contributed by atoms with Gasteiger partial charge in [0.25, 0.3) is 11.8 Å². The van der Waals surface area contributed by atoms with E-state index in [-0.39, 0.29) is 17.7 Å². The summed E-state index contributed by atoms with van der Waals surface area (Å²) in [5.74, 6) is -0.148. The molecule has 1 saturated heterocycles. The van der Waals surface area contributed by atoms with E-state index in [2.05, 4.69) is 5.32 Å². The Morgan fingerprint density at radius 2 is 1.81 bits per heavy atom. The van der Waals surface area contributed by atoms with E-state index in [1.807, 2.05) is 23.1 Å². The van der Waals surface area contributed by atoms with Crippen LogP contribution in [0.2, 0.25) is 0 Å². The fourth-order valence-corrected chi connectivity index (χ4v) is 3.06. The average Bonchev–Trinajstić information content (AvgIpc) is 3.06. The van der Waals surface area contributed by atoms with Gasteiger partial charge in [-0.15, -0.1) is 0 Å². The molecular weight excluding hydrogens is 342 g/mol. The highest BCUT2D eigenvalue weighted by Crippen LogP contribution is 2.17. The molecule has 0 saturated carbocycles. The summed E-state index contributed by atoms with van der Waals surface area (Å²) >= 11 is 0. The highest BCUT2D eigenvalue weighted by atomic mass is 16.2. The second-order valence-electron chi connectivity index (χ2n) is 6.85. The number of anilines is 1. The molecule has 0 spiro atoms. The van der Waals surface area contributed by atoms with Crippen molar-refractivity contribution in [1.29, 1.82) is 0 Å². The molecule has 6 heteroatoms. The Morgan fingerprint density at radius 3 is 2.44 bits per heavy atom. The molecule has 1 aliphatic rings. The molecule has 3 amide bonds. The van der Waals surface area contributed by atoms with E-state index in [0.717, 1.165) is 18.5 Å². The fraction of sp³-hybridized carbons (Fsp3) is 0.286. The first kappa shape index (κ1) is 18.6. The summed E-state index contributed by atoms with van der Waals surface area (Å²) in [7, 11) is 3.39. The molecule has 1 fully saturated rings. The van der Waals surface area contributed by atoms with Crippen LogP contribution in [0.25, 0.3) is 0 Å². The van der Waals surface area contributed by atoms with Crippen molar-refractivity contribution in [1.82, 2.24) is 9.80 Å². The second kappa shape index (κ2) is 8.03. The molecule has 3 rings (SSSR count).